The third-order valence-corrected chi connectivity index (χ3v) is 5.58. The highest BCUT2D eigenvalue weighted by molar-refractivity contribution is 14.0. The van der Waals surface area contributed by atoms with E-state index >= 15 is 0 Å². The van der Waals surface area contributed by atoms with Crippen LogP contribution in [0.15, 0.2) is 4.99 Å². The van der Waals surface area contributed by atoms with E-state index in [1.54, 1.807) is 19.0 Å². The Bertz CT molecular complexity index is 611. The van der Waals surface area contributed by atoms with Crippen LogP contribution < -0.4 is 5.32 Å². The van der Waals surface area contributed by atoms with Crippen molar-refractivity contribution in [2.45, 2.75) is 52.2 Å². The number of carbonyl (C=O) groups excluding carboxylic acids is 2. The number of piperazine rings is 1. The number of likely N-dealkylation sites (tertiary alicyclic amines) is 1. The van der Waals surface area contributed by atoms with Crippen molar-refractivity contribution in [3.05, 3.63) is 0 Å². The van der Waals surface area contributed by atoms with Crippen molar-refractivity contribution >= 4 is 41.9 Å². The van der Waals surface area contributed by atoms with Gasteiger partial charge in [0.1, 0.15) is 5.60 Å². The molecule has 2 aliphatic heterocycles. The summed E-state index contributed by atoms with van der Waals surface area (Å²) < 4.78 is 5.37. The van der Waals surface area contributed by atoms with E-state index in [1.165, 1.54) is 0 Å². The Balaban J connectivity index is 0.00000480. The number of rotatable bonds is 5. The zero-order valence-corrected chi connectivity index (χ0v) is 22.3. The average molecular weight is 553 g/mol. The number of guanidine groups is 1. The lowest BCUT2D eigenvalue weighted by atomic mass is 10.2. The Morgan fingerprint density at radius 1 is 1.06 bits per heavy atom. The van der Waals surface area contributed by atoms with E-state index in [4.69, 9.17) is 4.74 Å². The second-order valence-electron chi connectivity index (χ2n) is 9.11. The van der Waals surface area contributed by atoms with Gasteiger partial charge >= 0.3 is 6.09 Å². The number of aliphatic imine (C=N–C) groups is 1. The number of nitrogens with zero attached hydrogens (tertiary/aromatic N) is 5. The molecular formula is C21H41IN6O3. The molecule has 0 radical (unpaired) electrons. The number of halogens is 1. The number of ether oxygens (including phenoxy) is 1. The van der Waals surface area contributed by atoms with Crippen molar-refractivity contribution in [2.75, 3.05) is 66.5 Å². The summed E-state index contributed by atoms with van der Waals surface area (Å²) in [5.41, 5.74) is -0.498. The lowest BCUT2D eigenvalue weighted by molar-refractivity contribution is -0.135. The molecule has 10 heteroatoms. The fourth-order valence-electron chi connectivity index (χ4n) is 3.78. The van der Waals surface area contributed by atoms with Gasteiger partial charge in [-0.25, -0.2) is 4.79 Å². The molecule has 2 saturated heterocycles. The first-order valence-corrected chi connectivity index (χ1v) is 11.0. The molecule has 2 heterocycles. The molecule has 0 aromatic rings. The minimum absolute atomic E-state index is 0. The number of hydrogen-bond donors (Lipinski definition) is 1. The van der Waals surface area contributed by atoms with Gasteiger partial charge in [-0.3, -0.25) is 14.7 Å². The monoisotopic (exact) mass is 552 g/mol. The van der Waals surface area contributed by atoms with E-state index in [1.807, 2.05) is 32.6 Å². The number of amides is 2. The molecule has 1 atom stereocenters. The van der Waals surface area contributed by atoms with Gasteiger partial charge in [-0.15, -0.1) is 24.0 Å². The SMILES string of the molecule is CN=C(NCCN(C)C(=O)OC(C)(C)C)N1CCN(C(C)C(=O)N2CCCC2)CC1.I. The van der Waals surface area contributed by atoms with Crippen molar-refractivity contribution in [1.82, 2.24) is 24.9 Å². The Hall–Kier alpha value is -1.30. The first kappa shape index (κ1) is 27.7. The van der Waals surface area contributed by atoms with Gasteiger partial charge in [0, 0.05) is 66.5 Å². The highest BCUT2D eigenvalue weighted by atomic mass is 127. The van der Waals surface area contributed by atoms with Crippen molar-refractivity contribution in [3.8, 4) is 0 Å². The molecule has 0 aliphatic carbocycles. The van der Waals surface area contributed by atoms with E-state index in [9.17, 15) is 9.59 Å². The van der Waals surface area contributed by atoms with Crippen LogP contribution in [-0.4, -0.2) is 116 Å². The Kier molecular flexibility index (Phi) is 11.3. The van der Waals surface area contributed by atoms with Gasteiger partial charge in [-0.2, -0.15) is 0 Å². The van der Waals surface area contributed by atoms with Crippen molar-refractivity contribution < 1.29 is 14.3 Å². The van der Waals surface area contributed by atoms with E-state index in [2.05, 4.69) is 20.1 Å². The minimum atomic E-state index is -0.498. The molecule has 0 spiro atoms. The zero-order chi connectivity index (χ0) is 22.3. The van der Waals surface area contributed by atoms with E-state index in [0.29, 0.717) is 13.1 Å². The summed E-state index contributed by atoms with van der Waals surface area (Å²) in [6.07, 6.45) is 1.92. The van der Waals surface area contributed by atoms with Gasteiger partial charge < -0.3 is 24.8 Å². The van der Waals surface area contributed by atoms with E-state index < -0.39 is 5.60 Å². The smallest absolute Gasteiger partial charge is 0.410 e. The van der Waals surface area contributed by atoms with Crippen molar-refractivity contribution in [1.29, 1.82) is 0 Å². The van der Waals surface area contributed by atoms with Crippen LogP contribution in [0.1, 0.15) is 40.5 Å². The van der Waals surface area contributed by atoms with E-state index in [0.717, 1.165) is 58.1 Å². The zero-order valence-electron chi connectivity index (χ0n) is 20.0. The maximum Gasteiger partial charge on any atom is 0.410 e. The predicted octanol–water partition coefficient (Wildman–Crippen LogP) is 1.68. The van der Waals surface area contributed by atoms with Gasteiger partial charge in [0.15, 0.2) is 5.96 Å². The molecule has 1 unspecified atom stereocenters. The molecule has 0 bridgehead atoms. The van der Waals surface area contributed by atoms with Crippen LogP contribution in [0.5, 0.6) is 0 Å². The molecule has 0 saturated carbocycles. The van der Waals surface area contributed by atoms with Crippen LogP contribution >= 0.6 is 24.0 Å². The summed E-state index contributed by atoms with van der Waals surface area (Å²) in [6.45, 7) is 13.8. The first-order valence-electron chi connectivity index (χ1n) is 11.0. The number of hydrogen-bond acceptors (Lipinski definition) is 5. The average Bonchev–Trinajstić information content (AvgIpc) is 3.23. The number of carbonyl (C=O) groups is 2. The van der Waals surface area contributed by atoms with E-state index in [-0.39, 0.29) is 42.0 Å². The van der Waals surface area contributed by atoms with Gasteiger partial charge in [0.25, 0.3) is 0 Å². The lowest BCUT2D eigenvalue weighted by Crippen LogP contribution is -2.57. The molecule has 2 rings (SSSR count). The molecule has 2 fully saturated rings. The van der Waals surface area contributed by atoms with Crippen molar-refractivity contribution in [2.24, 2.45) is 4.99 Å². The predicted molar refractivity (Wildman–Crippen MR) is 134 cm³/mol. The largest absolute Gasteiger partial charge is 0.444 e. The molecule has 31 heavy (non-hydrogen) atoms. The highest BCUT2D eigenvalue weighted by Crippen LogP contribution is 2.14. The third kappa shape index (κ3) is 8.63. The maximum atomic E-state index is 12.7. The quantitative estimate of drug-likeness (QED) is 0.318. The summed E-state index contributed by atoms with van der Waals surface area (Å²) in [5.74, 6) is 1.08. The fourth-order valence-corrected chi connectivity index (χ4v) is 3.78. The standard InChI is InChI=1S/C21H40N6O3.HI/c1-17(18(28)26-10-7-8-11-26)25-13-15-27(16-14-25)19(22-5)23-9-12-24(6)20(29)30-21(2,3)4;/h17H,7-16H2,1-6H3,(H,22,23);1H. The molecule has 2 aliphatic rings. The van der Waals surface area contributed by atoms with Crippen molar-refractivity contribution in [3.63, 3.8) is 0 Å². The summed E-state index contributed by atoms with van der Waals surface area (Å²) >= 11 is 0. The van der Waals surface area contributed by atoms with Crippen LogP contribution in [0.3, 0.4) is 0 Å². The Morgan fingerprint density at radius 2 is 1.65 bits per heavy atom. The van der Waals surface area contributed by atoms with Crippen LogP contribution in [0.4, 0.5) is 4.79 Å². The fraction of sp³-hybridized carbons (Fsp3) is 0.857. The second kappa shape index (κ2) is 12.7. The van der Waals surface area contributed by atoms with Gasteiger partial charge in [0.2, 0.25) is 5.91 Å². The summed E-state index contributed by atoms with van der Waals surface area (Å²) in [7, 11) is 3.50. The van der Waals surface area contributed by atoms with Crippen LogP contribution in [-0.2, 0) is 9.53 Å². The molecule has 180 valence electrons. The summed E-state index contributed by atoms with van der Waals surface area (Å²) in [5, 5.41) is 3.33. The second-order valence-corrected chi connectivity index (χ2v) is 9.11. The lowest BCUT2D eigenvalue weighted by Gasteiger charge is -2.39. The summed E-state index contributed by atoms with van der Waals surface area (Å²) in [4.78, 5) is 37.1. The molecule has 2 amide bonds. The Morgan fingerprint density at radius 3 is 2.16 bits per heavy atom. The van der Waals surface area contributed by atoms with Gasteiger partial charge in [-0.05, 0) is 40.5 Å². The highest BCUT2D eigenvalue weighted by Gasteiger charge is 2.30. The third-order valence-electron chi connectivity index (χ3n) is 5.58. The molecule has 0 aromatic heterocycles. The summed E-state index contributed by atoms with van der Waals surface area (Å²) in [6, 6.07) is -0.0669. The maximum absolute atomic E-state index is 12.7. The number of likely N-dealkylation sites (N-methyl/N-ethyl adjacent to an activating group) is 1. The normalized spacial score (nSPS) is 19.0. The molecular weight excluding hydrogens is 511 g/mol. The molecule has 1 N–H and O–H groups in total. The molecule has 9 nitrogen and oxygen atoms in total. The Labute approximate surface area is 204 Å². The van der Waals surface area contributed by atoms with Gasteiger partial charge in [0.05, 0.1) is 6.04 Å². The topological polar surface area (TPSA) is 80.7 Å². The van der Waals surface area contributed by atoms with Crippen LogP contribution in [0.2, 0.25) is 0 Å². The van der Waals surface area contributed by atoms with Crippen LogP contribution in [0.25, 0.3) is 0 Å². The van der Waals surface area contributed by atoms with Gasteiger partial charge in [-0.1, -0.05) is 0 Å². The number of nitrogens with one attached hydrogen (secondary N) is 1. The molecule has 0 aromatic carbocycles. The first-order chi connectivity index (χ1) is 14.1. The van der Waals surface area contributed by atoms with Crippen LogP contribution in [0, 0.1) is 0 Å². The minimum Gasteiger partial charge on any atom is -0.444 e.